The van der Waals surface area contributed by atoms with E-state index in [9.17, 15) is 13.2 Å². The Morgan fingerprint density at radius 2 is 2.21 bits per heavy atom. The topological polar surface area (TPSA) is 189 Å². The van der Waals surface area contributed by atoms with Gasteiger partial charge in [-0.05, 0) is 19.3 Å². The highest BCUT2D eigenvalue weighted by Crippen LogP contribution is 2.27. The Bertz CT molecular complexity index is 836. The maximum Gasteiger partial charge on any atom is 0.418 e. The third-order valence-corrected chi connectivity index (χ3v) is 5.35. The molecule has 0 saturated carbocycles. The normalized spacial score (nSPS) is 21.8. The Hall–Kier alpha value is -2.22. The van der Waals surface area contributed by atoms with Gasteiger partial charge in [-0.1, -0.05) is 5.16 Å². The highest BCUT2D eigenvalue weighted by atomic mass is 32.3. The summed E-state index contributed by atoms with van der Waals surface area (Å²) in [6, 6.07) is 0.850. The fraction of sp³-hybridized carbons (Fsp3) is 0.667. The summed E-state index contributed by atoms with van der Waals surface area (Å²) < 4.78 is 40.3. The Labute approximate surface area is 162 Å². The first kappa shape index (κ1) is 20.5. The molecule has 0 aromatic carbocycles. The van der Waals surface area contributed by atoms with E-state index in [-0.39, 0.29) is 12.4 Å². The number of hydroxylamine groups is 2. The van der Waals surface area contributed by atoms with Crippen molar-refractivity contribution in [2.24, 2.45) is 17.4 Å². The fourth-order valence-corrected chi connectivity index (χ4v) is 3.89. The molecule has 2 fully saturated rings. The smallest absolute Gasteiger partial charge is 0.370 e. The van der Waals surface area contributed by atoms with Gasteiger partial charge in [-0.15, -0.1) is 4.28 Å². The zero-order chi connectivity index (χ0) is 20.5. The van der Waals surface area contributed by atoms with Crippen molar-refractivity contribution in [3.8, 4) is 0 Å². The van der Waals surface area contributed by atoms with Crippen LogP contribution < -0.4 is 11.5 Å². The molecule has 1 aromatic rings. The summed E-state index contributed by atoms with van der Waals surface area (Å²) in [5.74, 6) is 0.608. The van der Waals surface area contributed by atoms with Crippen LogP contribution in [0.25, 0.3) is 0 Å². The molecule has 2 atom stereocenters. The van der Waals surface area contributed by atoms with Crippen LogP contribution in [0, 0.1) is 11.3 Å². The minimum absolute atomic E-state index is 0.0638. The standard InChI is InChI=1S/C15H24N6O6S/c16-12(3-1-10-2-4-14(22)21(10)27-28(23,24)25)13-6-11(26-19-13)5-9-7-20(8-9)15(17)18/h6,9-10,12H,1-5,7-8,16H2,(H3,17,18)(H,23,24,25)/t10-,12+/m1/s1. The molecule has 3 heterocycles. The summed E-state index contributed by atoms with van der Waals surface area (Å²) in [4.78, 5) is 13.5. The number of nitrogens with two attached hydrogens (primary N) is 2. The van der Waals surface area contributed by atoms with E-state index in [0.29, 0.717) is 61.2 Å². The Kier molecular flexibility index (Phi) is 5.88. The van der Waals surface area contributed by atoms with Crippen LogP contribution in [0.1, 0.15) is 43.2 Å². The van der Waals surface area contributed by atoms with Gasteiger partial charge >= 0.3 is 10.4 Å². The van der Waals surface area contributed by atoms with Gasteiger partial charge in [-0.25, -0.2) is 0 Å². The lowest BCUT2D eigenvalue weighted by Gasteiger charge is -2.39. The quantitative estimate of drug-likeness (QED) is 0.245. The summed E-state index contributed by atoms with van der Waals surface area (Å²) in [5.41, 5.74) is 12.1. The first-order valence-electron chi connectivity index (χ1n) is 8.91. The van der Waals surface area contributed by atoms with Crippen LogP contribution in [0.5, 0.6) is 0 Å². The minimum atomic E-state index is -4.76. The molecule has 1 aromatic heterocycles. The van der Waals surface area contributed by atoms with E-state index in [2.05, 4.69) is 9.44 Å². The maximum absolute atomic E-state index is 11.7. The molecule has 28 heavy (non-hydrogen) atoms. The first-order valence-corrected chi connectivity index (χ1v) is 10.3. The number of carbonyl (C=O) groups is 1. The maximum atomic E-state index is 11.7. The predicted molar refractivity (Wildman–Crippen MR) is 95.8 cm³/mol. The lowest BCUT2D eigenvalue weighted by molar-refractivity contribution is -0.157. The monoisotopic (exact) mass is 416 g/mol. The van der Waals surface area contributed by atoms with Gasteiger partial charge in [0, 0.05) is 37.9 Å². The second-order valence-corrected chi connectivity index (χ2v) is 8.18. The highest BCUT2D eigenvalue weighted by molar-refractivity contribution is 7.80. The van der Waals surface area contributed by atoms with E-state index < -0.39 is 28.4 Å². The molecular formula is C15H24N6O6S. The Morgan fingerprint density at radius 1 is 1.50 bits per heavy atom. The van der Waals surface area contributed by atoms with Crippen LogP contribution in [-0.4, -0.2) is 59.1 Å². The molecular weight excluding hydrogens is 392 g/mol. The SMILES string of the molecule is N=C(N)N1CC(Cc2cc([C@@H](N)CC[C@@H]3CCC(=O)N3OS(=O)(=O)O)no2)C1. The van der Waals surface area contributed by atoms with E-state index in [4.69, 9.17) is 26.0 Å². The van der Waals surface area contributed by atoms with Crippen molar-refractivity contribution in [1.82, 2.24) is 15.1 Å². The number of hydrogen-bond donors (Lipinski definition) is 4. The summed E-state index contributed by atoms with van der Waals surface area (Å²) in [6.45, 7) is 1.41. The van der Waals surface area contributed by atoms with Crippen molar-refractivity contribution in [2.45, 2.75) is 44.2 Å². The summed E-state index contributed by atoms with van der Waals surface area (Å²) in [7, 11) is -4.76. The van der Waals surface area contributed by atoms with Crippen molar-refractivity contribution in [2.75, 3.05) is 13.1 Å². The zero-order valence-corrected chi connectivity index (χ0v) is 16.0. The number of aromatic nitrogens is 1. The molecule has 0 radical (unpaired) electrons. The van der Waals surface area contributed by atoms with Crippen molar-refractivity contribution >= 4 is 22.3 Å². The number of hydrogen-bond acceptors (Lipinski definition) is 8. The molecule has 2 aliphatic heterocycles. The summed E-state index contributed by atoms with van der Waals surface area (Å²) in [6.07, 6.45) is 2.05. The number of nitrogens with one attached hydrogen (secondary N) is 1. The van der Waals surface area contributed by atoms with Gasteiger partial charge in [0.15, 0.2) is 5.96 Å². The van der Waals surface area contributed by atoms with Crippen LogP contribution in [0.15, 0.2) is 10.6 Å². The molecule has 2 aliphatic rings. The molecule has 1 amide bonds. The van der Waals surface area contributed by atoms with Gasteiger partial charge in [-0.2, -0.15) is 13.5 Å². The minimum Gasteiger partial charge on any atom is -0.370 e. The number of amides is 1. The molecule has 0 spiro atoms. The number of guanidine groups is 1. The van der Waals surface area contributed by atoms with Gasteiger partial charge in [0.2, 0.25) is 5.91 Å². The lowest BCUT2D eigenvalue weighted by Crippen LogP contribution is -2.53. The van der Waals surface area contributed by atoms with Gasteiger partial charge in [0.1, 0.15) is 11.5 Å². The average molecular weight is 416 g/mol. The van der Waals surface area contributed by atoms with Gasteiger partial charge in [0.05, 0.1) is 12.1 Å². The third kappa shape index (κ3) is 4.98. The molecule has 12 nitrogen and oxygen atoms in total. The largest absolute Gasteiger partial charge is 0.418 e. The van der Waals surface area contributed by atoms with Gasteiger partial charge < -0.3 is 20.9 Å². The third-order valence-electron chi connectivity index (χ3n) is 5.00. The molecule has 0 unspecified atom stereocenters. The average Bonchev–Trinajstić information content (AvgIpc) is 3.15. The van der Waals surface area contributed by atoms with E-state index in [1.807, 2.05) is 0 Å². The Morgan fingerprint density at radius 3 is 2.86 bits per heavy atom. The lowest BCUT2D eigenvalue weighted by atomic mass is 9.95. The van der Waals surface area contributed by atoms with Crippen molar-refractivity contribution in [3.05, 3.63) is 17.5 Å². The second kappa shape index (κ2) is 8.03. The van der Waals surface area contributed by atoms with Gasteiger partial charge in [-0.3, -0.25) is 14.8 Å². The number of nitrogens with zero attached hydrogens (tertiary/aromatic N) is 3. The predicted octanol–water partition coefficient (Wildman–Crippen LogP) is -0.452. The van der Waals surface area contributed by atoms with Crippen LogP contribution in [0.2, 0.25) is 0 Å². The molecule has 2 saturated heterocycles. The van der Waals surface area contributed by atoms with E-state index >= 15 is 0 Å². The van der Waals surface area contributed by atoms with E-state index in [1.54, 1.807) is 11.0 Å². The zero-order valence-electron chi connectivity index (χ0n) is 15.2. The van der Waals surface area contributed by atoms with Crippen LogP contribution in [-0.2, 0) is 25.9 Å². The number of carbonyl (C=O) groups excluding carboxylic acids is 1. The Balaban J connectivity index is 1.49. The molecule has 6 N–H and O–H groups in total. The molecule has 3 rings (SSSR count). The highest BCUT2D eigenvalue weighted by Gasteiger charge is 2.35. The summed E-state index contributed by atoms with van der Waals surface area (Å²) >= 11 is 0. The number of rotatable bonds is 8. The van der Waals surface area contributed by atoms with Crippen LogP contribution >= 0.6 is 0 Å². The van der Waals surface area contributed by atoms with E-state index in [0.717, 1.165) is 0 Å². The van der Waals surface area contributed by atoms with Crippen molar-refractivity contribution < 1.29 is 26.6 Å². The van der Waals surface area contributed by atoms with Crippen LogP contribution in [0.4, 0.5) is 0 Å². The van der Waals surface area contributed by atoms with Gasteiger partial charge in [0.25, 0.3) is 0 Å². The molecule has 13 heteroatoms. The van der Waals surface area contributed by atoms with Crippen molar-refractivity contribution in [1.29, 1.82) is 5.41 Å². The number of likely N-dealkylation sites (tertiary alicyclic amines) is 1. The first-order chi connectivity index (χ1) is 13.1. The molecule has 0 bridgehead atoms. The molecule has 156 valence electrons. The van der Waals surface area contributed by atoms with Crippen LogP contribution in [0.3, 0.4) is 0 Å². The van der Waals surface area contributed by atoms with Crippen molar-refractivity contribution in [3.63, 3.8) is 0 Å². The molecule has 0 aliphatic carbocycles. The fourth-order valence-electron chi connectivity index (χ4n) is 3.49. The second-order valence-electron chi connectivity index (χ2n) is 7.18. The van der Waals surface area contributed by atoms with E-state index in [1.165, 1.54) is 0 Å². The summed E-state index contributed by atoms with van der Waals surface area (Å²) in [5, 5.41) is 12.0.